The second kappa shape index (κ2) is 8.31. The molecule has 3 rings (SSSR count). The van der Waals surface area contributed by atoms with Crippen molar-refractivity contribution in [1.82, 2.24) is 15.3 Å². The Kier molecular flexibility index (Phi) is 5.88. The van der Waals surface area contributed by atoms with Gasteiger partial charge in [0, 0.05) is 38.2 Å². The summed E-state index contributed by atoms with van der Waals surface area (Å²) in [5.41, 5.74) is 0. The maximum atomic E-state index is 11.8. The van der Waals surface area contributed by atoms with Crippen LogP contribution in [0.1, 0.15) is 51.9 Å². The van der Waals surface area contributed by atoms with Crippen LogP contribution in [0.3, 0.4) is 0 Å². The zero-order chi connectivity index (χ0) is 16.8. The fraction of sp³-hybridized carbons (Fsp3) is 0.722. The van der Waals surface area contributed by atoms with E-state index in [9.17, 15) is 4.79 Å². The number of nitrogens with zero attached hydrogens (tertiary/aromatic N) is 3. The van der Waals surface area contributed by atoms with Crippen molar-refractivity contribution in [3.8, 4) is 0 Å². The van der Waals surface area contributed by atoms with E-state index in [-0.39, 0.29) is 5.91 Å². The van der Waals surface area contributed by atoms with Gasteiger partial charge in [-0.1, -0.05) is 6.92 Å². The van der Waals surface area contributed by atoms with Crippen LogP contribution in [0.2, 0.25) is 0 Å². The third-order valence-electron chi connectivity index (χ3n) is 4.78. The van der Waals surface area contributed by atoms with Gasteiger partial charge in [0.25, 0.3) is 0 Å². The molecule has 2 N–H and O–H groups in total. The normalized spacial score (nSPS) is 20.7. The fourth-order valence-corrected chi connectivity index (χ4v) is 3.23. The van der Waals surface area contributed by atoms with Gasteiger partial charge in [0.2, 0.25) is 5.91 Å². The summed E-state index contributed by atoms with van der Waals surface area (Å²) in [4.78, 5) is 22.9. The van der Waals surface area contributed by atoms with Crippen molar-refractivity contribution in [3.63, 3.8) is 0 Å². The lowest BCUT2D eigenvalue weighted by Gasteiger charge is -2.33. The van der Waals surface area contributed by atoms with Gasteiger partial charge in [-0.05, 0) is 44.4 Å². The van der Waals surface area contributed by atoms with Gasteiger partial charge >= 0.3 is 0 Å². The molecule has 1 atom stereocenters. The maximum Gasteiger partial charge on any atom is 0.220 e. The van der Waals surface area contributed by atoms with Crippen LogP contribution in [0.5, 0.6) is 0 Å². The summed E-state index contributed by atoms with van der Waals surface area (Å²) >= 11 is 0. The number of carbonyl (C=O) groups is 1. The molecule has 2 heterocycles. The minimum Gasteiger partial charge on any atom is -0.367 e. The summed E-state index contributed by atoms with van der Waals surface area (Å²) in [6.45, 7) is 4.89. The second-order valence-electron chi connectivity index (χ2n) is 7.02. The van der Waals surface area contributed by atoms with Gasteiger partial charge < -0.3 is 15.5 Å². The molecule has 132 valence electrons. The quantitative estimate of drug-likeness (QED) is 0.766. The first kappa shape index (κ1) is 17.0. The van der Waals surface area contributed by atoms with Crippen LogP contribution in [0.4, 0.5) is 11.6 Å². The number of aromatic nitrogens is 2. The largest absolute Gasteiger partial charge is 0.367 e. The molecule has 6 heteroatoms. The van der Waals surface area contributed by atoms with Crippen LogP contribution in [-0.2, 0) is 4.79 Å². The number of carbonyl (C=O) groups excluding carboxylic acids is 1. The molecule has 1 unspecified atom stereocenters. The lowest BCUT2D eigenvalue weighted by molar-refractivity contribution is -0.121. The molecule has 2 aliphatic rings. The summed E-state index contributed by atoms with van der Waals surface area (Å²) in [5.74, 6) is 2.70. The molecule has 1 saturated heterocycles. The second-order valence-corrected chi connectivity index (χ2v) is 7.02. The summed E-state index contributed by atoms with van der Waals surface area (Å²) in [7, 11) is 0. The van der Waals surface area contributed by atoms with Gasteiger partial charge in [-0.3, -0.25) is 4.79 Å². The average Bonchev–Trinajstić information content (AvgIpc) is 3.42. The molecule has 0 spiro atoms. The molecule has 0 radical (unpaired) electrons. The highest BCUT2D eigenvalue weighted by molar-refractivity contribution is 5.75. The topological polar surface area (TPSA) is 70.2 Å². The molecule has 1 aromatic heterocycles. The first-order chi connectivity index (χ1) is 11.7. The molecule has 1 amide bonds. The molecule has 2 fully saturated rings. The Hall–Kier alpha value is -1.85. The number of amides is 1. The van der Waals surface area contributed by atoms with E-state index in [1.165, 1.54) is 19.3 Å². The van der Waals surface area contributed by atoms with E-state index in [0.717, 1.165) is 50.5 Å². The van der Waals surface area contributed by atoms with Crippen molar-refractivity contribution in [1.29, 1.82) is 0 Å². The van der Waals surface area contributed by atoms with Crippen molar-refractivity contribution in [3.05, 3.63) is 12.4 Å². The van der Waals surface area contributed by atoms with Gasteiger partial charge in [-0.25, -0.2) is 9.97 Å². The van der Waals surface area contributed by atoms with Crippen LogP contribution in [0, 0.1) is 5.92 Å². The van der Waals surface area contributed by atoms with Gasteiger partial charge in [-0.15, -0.1) is 0 Å². The van der Waals surface area contributed by atoms with Crippen LogP contribution in [-0.4, -0.2) is 41.6 Å². The number of anilines is 2. The Bertz CT molecular complexity index is 546. The molecule has 0 bridgehead atoms. The molecule has 0 aromatic carbocycles. The number of piperidine rings is 1. The first-order valence-electron chi connectivity index (χ1n) is 9.35. The Morgan fingerprint density at radius 2 is 2.21 bits per heavy atom. The Balaban J connectivity index is 1.50. The van der Waals surface area contributed by atoms with E-state index in [1.807, 2.05) is 0 Å². The lowest BCUT2D eigenvalue weighted by Crippen LogP contribution is -2.36. The highest BCUT2D eigenvalue weighted by Crippen LogP contribution is 2.27. The maximum absolute atomic E-state index is 11.8. The van der Waals surface area contributed by atoms with Crippen LogP contribution in [0.15, 0.2) is 12.4 Å². The van der Waals surface area contributed by atoms with E-state index in [1.54, 1.807) is 6.33 Å². The minimum absolute atomic E-state index is 0.187. The monoisotopic (exact) mass is 331 g/mol. The minimum atomic E-state index is 0.187. The number of nitrogens with one attached hydrogen (secondary N) is 2. The van der Waals surface area contributed by atoms with Gasteiger partial charge in [0.05, 0.1) is 0 Å². The molecule has 1 aliphatic heterocycles. The van der Waals surface area contributed by atoms with Gasteiger partial charge in [0.1, 0.15) is 18.0 Å². The molecule has 24 heavy (non-hydrogen) atoms. The number of hydrogen-bond acceptors (Lipinski definition) is 5. The van der Waals surface area contributed by atoms with Crippen LogP contribution < -0.4 is 15.5 Å². The smallest absolute Gasteiger partial charge is 0.220 e. The summed E-state index contributed by atoms with van der Waals surface area (Å²) in [6.07, 6.45) is 9.10. The average molecular weight is 331 g/mol. The molecule has 6 nitrogen and oxygen atoms in total. The molecule has 1 aromatic rings. The van der Waals surface area contributed by atoms with Crippen molar-refractivity contribution < 1.29 is 4.79 Å². The summed E-state index contributed by atoms with van der Waals surface area (Å²) < 4.78 is 0. The first-order valence-corrected chi connectivity index (χ1v) is 9.35. The van der Waals surface area contributed by atoms with E-state index in [4.69, 9.17) is 0 Å². The van der Waals surface area contributed by atoms with Gasteiger partial charge in [-0.2, -0.15) is 0 Å². The molecular formula is C18H29N5O. The molecule has 1 saturated carbocycles. The fourth-order valence-electron chi connectivity index (χ4n) is 3.23. The highest BCUT2D eigenvalue weighted by Gasteiger charge is 2.24. The zero-order valence-electron chi connectivity index (χ0n) is 14.6. The number of rotatable bonds is 8. The zero-order valence-corrected chi connectivity index (χ0v) is 14.6. The standard InChI is InChI=1S/C18H29N5O/c1-2-9-19-18(24)8-5-14-4-3-10-23(12-14)17-11-16(20-13-21-17)22-15-6-7-15/h11,13-15H,2-10,12H2,1H3,(H,19,24)(H,20,21,22). The Morgan fingerprint density at radius 1 is 1.33 bits per heavy atom. The highest BCUT2D eigenvalue weighted by atomic mass is 16.1. The van der Waals surface area contributed by atoms with Crippen LogP contribution in [0.25, 0.3) is 0 Å². The lowest BCUT2D eigenvalue weighted by atomic mass is 9.93. The van der Waals surface area contributed by atoms with E-state index in [2.05, 4.69) is 38.5 Å². The molecule has 1 aliphatic carbocycles. The van der Waals surface area contributed by atoms with Gasteiger partial charge in [0.15, 0.2) is 0 Å². The van der Waals surface area contributed by atoms with E-state index < -0.39 is 0 Å². The predicted octanol–water partition coefficient (Wildman–Crippen LogP) is 2.57. The third-order valence-corrected chi connectivity index (χ3v) is 4.78. The van der Waals surface area contributed by atoms with Crippen molar-refractivity contribution in [2.45, 2.75) is 57.9 Å². The van der Waals surface area contributed by atoms with Crippen molar-refractivity contribution in [2.75, 3.05) is 29.9 Å². The van der Waals surface area contributed by atoms with Crippen LogP contribution >= 0.6 is 0 Å². The SMILES string of the molecule is CCCNC(=O)CCC1CCCN(c2cc(NC3CC3)ncn2)C1. The summed E-state index contributed by atoms with van der Waals surface area (Å²) in [5, 5.41) is 6.40. The third kappa shape index (κ3) is 5.08. The Labute approximate surface area is 144 Å². The van der Waals surface area contributed by atoms with E-state index >= 15 is 0 Å². The summed E-state index contributed by atoms with van der Waals surface area (Å²) in [6, 6.07) is 2.66. The Morgan fingerprint density at radius 3 is 3.00 bits per heavy atom. The van der Waals surface area contributed by atoms with E-state index in [0.29, 0.717) is 18.4 Å². The van der Waals surface area contributed by atoms with Crippen molar-refractivity contribution in [2.24, 2.45) is 5.92 Å². The predicted molar refractivity (Wildman–Crippen MR) is 96.1 cm³/mol. The molecular weight excluding hydrogens is 302 g/mol. The van der Waals surface area contributed by atoms with Crippen molar-refractivity contribution >= 4 is 17.5 Å². The number of hydrogen-bond donors (Lipinski definition) is 2.